The summed E-state index contributed by atoms with van der Waals surface area (Å²) >= 11 is 0. The molecule has 2 aromatic carbocycles. The third-order valence-corrected chi connectivity index (χ3v) is 4.91. The lowest BCUT2D eigenvalue weighted by molar-refractivity contribution is -0.121. The zero-order valence-electron chi connectivity index (χ0n) is 17.2. The number of carbonyl (C=O) groups excluding carboxylic acids is 2. The number of carbonyl (C=O) groups is 2. The van der Waals surface area contributed by atoms with Crippen LogP contribution in [0.4, 0.5) is 10.5 Å². The van der Waals surface area contributed by atoms with Crippen molar-refractivity contribution in [3.63, 3.8) is 0 Å². The normalized spacial score (nSPS) is 16.3. The van der Waals surface area contributed by atoms with Gasteiger partial charge in [-0.25, -0.2) is 4.79 Å². The van der Waals surface area contributed by atoms with Crippen molar-refractivity contribution in [1.29, 1.82) is 0 Å². The number of aryl methyl sites for hydroxylation is 2. The van der Waals surface area contributed by atoms with Crippen molar-refractivity contribution in [2.24, 2.45) is 0 Å². The Bertz CT molecular complexity index is 879. The first-order valence-electron chi connectivity index (χ1n) is 9.59. The lowest BCUT2D eigenvalue weighted by atomic mass is 9.93. The maximum absolute atomic E-state index is 13.2. The highest BCUT2D eigenvalue weighted by Crippen LogP contribution is 2.27. The number of ether oxygens (including phenoxy) is 1. The van der Waals surface area contributed by atoms with Crippen LogP contribution in [0.25, 0.3) is 0 Å². The Labute approximate surface area is 166 Å². The van der Waals surface area contributed by atoms with Gasteiger partial charge in [0.2, 0.25) is 5.91 Å². The van der Waals surface area contributed by atoms with Crippen LogP contribution in [0.15, 0.2) is 42.5 Å². The zero-order chi connectivity index (χ0) is 20.5. The van der Waals surface area contributed by atoms with Crippen molar-refractivity contribution in [3.05, 3.63) is 64.7 Å². The van der Waals surface area contributed by atoms with E-state index >= 15 is 0 Å². The molecule has 1 heterocycles. The van der Waals surface area contributed by atoms with Gasteiger partial charge in [-0.2, -0.15) is 0 Å². The topological polar surface area (TPSA) is 58.6 Å². The van der Waals surface area contributed by atoms with E-state index in [0.29, 0.717) is 13.0 Å². The summed E-state index contributed by atoms with van der Waals surface area (Å²) < 4.78 is 5.58. The summed E-state index contributed by atoms with van der Waals surface area (Å²) in [6.45, 7) is 9.77. The molecule has 5 heteroatoms. The van der Waals surface area contributed by atoms with Crippen LogP contribution >= 0.6 is 0 Å². The number of amides is 2. The second-order valence-corrected chi connectivity index (χ2v) is 8.35. The predicted molar refractivity (Wildman–Crippen MR) is 110 cm³/mol. The van der Waals surface area contributed by atoms with Gasteiger partial charge in [-0.3, -0.25) is 9.69 Å². The molecule has 2 aromatic rings. The Hall–Kier alpha value is -2.82. The van der Waals surface area contributed by atoms with Gasteiger partial charge in [0, 0.05) is 12.1 Å². The summed E-state index contributed by atoms with van der Waals surface area (Å²) in [5, 5.41) is 3.04. The van der Waals surface area contributed by atoms with Gasteiger partial charge in [-0.05, 0) is 56.9 Å². The van der Waals surface area contributed by atoms with Crippen LogP contribution in [-0.2, 0) is 22.5 Å². The molecule has 0 saturated carbocycles. The van der Waals surface area contributed by atoms with Crippen molar-refractivity contribution < 1.29 is 14.3 Å². The van der Waals surface area contributed by atoms with E-state index in [2.05, 4.69) is 5.32 Å². The maximum Gasteiger partial charge on any atom is 0.411 e. The van der Waals surface area contributed by atoms with Crippen molar-refractivity contribution in [1.82, 2.24) is 4.90 Å². The summed E-state index contributed by atoms with van der Waals surface area (Å²) in [6.07, 6.45) is -0.00437. The molecule has 1 N–H and O–H groups in total. The zero-order valence-corrected chi connectivity index (χ0v) is 17.2. The average molecular weight is 380 g/mol. The van der Waals surface area contributed by atoms with E-state index in [1.165, 1.54) is 4.90 Å². The molecule has 0 fully saturated rings. The van der Waals surface area contributed by atoms with Gasteiger partial charge in [-0.15, -0.1) is 0 Å². The van der Waals surface area contributed by atoms with Gasteiger partial charge in [0.25, 0.3) is 0 Å². The van der Waals surface area contributed by atoms with Gasteiger partial charge in [0.15, 0.2) is 0 Å². The van der Waals surface area contributed by atoms with E-state index in [1.54, 1.807) is 0 Å². The first-order valence-corrected chi connectivity index (χ1v) is 9.59. The highest BCUT2D eigenvalue weighted by molar-refractivity contribution is 5.98. The van der Waals surface area contributed by atoms with Gasteiger partial charge < -0.3 is 10.1 Å². The molecule has 0 radical (unpaired) electrons. The number of para-hydroxylation sites is 1. The van der Waals surface area contributed by atoms with E-state index < -0.39 is 17.7 Å². The Morgan fingerprint density at radius 2 is 1.61 bits per heavy atom. The smallest absolute Gasteiger partial charge is 0.411 e. The first kappa shape index (κ1) is 19.9. The van der Waals surface area contributed by atoms with E-state index in [0.717, 1.165) is 27.9 Å². The van der Waals surface area contributed by atoms with Crippen molar-refractivity contribution in [3.8, 4) is 0 Å². The molecule has 1 atom stereocenters. The van der Waals surface area contributed by atoms with Crippen LogP contribution in [0.3, 0.4) is 0 Å². The number of benzene rings is 2. The molecule has 3 rings (SSSR count). The summed E-state index contributed by atoms with van der Waals surface area (Å²) in [7, 11) is 0. The summed E-state index contributed by atoms with van der Waals surface area (Å²) in [5.41, 5.74) is 4.30. The summed E-state index contributed by atoms with van der Waals surface area (Å²) in [4.78, 5) is 27.6. The van der Waals surface area contributed by atoms with Crippen LogP contribution in [0, 0.1) is 13.8 Å². The number of hydrogen-bond acceptors (Lipinski definition) is 3. The number of fused-ring (bicyclic) bond motifs is 1. The number of nitrogens with one attached hydrogen (secondary N) is 1. The van der Waals surface area contributed by atoms with E-state index in [-0.39, 0.29) is 5.91 Å². The summed E-state index contributed by atoms with van der Waals surface area (Å²) in [5.74, 6) is -0.197. The third kappa shape index (κ3) is 4.35. The molecule has 0 aliphatic carbocycles. The molecule has 1 aliphatic rings. The van der Waals surface area contributed by atoms with Gasteiger partial charge in [-0.1, -0.05) is 42.5 Å². The number of nitrogens with zero attached hydrogens (tertiary/aromatic N) is 1. The maximum atomic E-state index is 13.2. The van der Waals surface area contributed by atoms with E-state index in [1.807, 2.05) is 77.1 Å². The molecule has 148 valence electrons. The monoisotopic (exact) mass is 380 g/mol. The van der Waals surface area contributed by atoms with Gasteiger partial charge >= 0.3 is 6.09 Å². The highest BCUT2D eigenvalue weighted by atomic mass is 16.6. The van der Waals surface area contributed by atoms with Crippen molar-refractivity contribution >= 4 is 17.7 Å². The fourth-order valence-corrected chi connectivity index (χ4v) is 3.49. The summed E-state index contributed by atoms with van der Waals surface area (Å²) in [6, 6.07) is 13.2. The minimum absolute atomic E-state index is 0.197. The fourth-order valence-electron chi connectivity index (χ4n) is 3.49. The van der Waals surface area contributed by atoms with Crippen LogP contribution in [0.2, 0.25) is 0 Å². The molecule has 0 bridgehead atoms. The number of rotatable bonds is 2. The minimum atomic E-state index is -0.623. The van der Waals surface area contributed by atoms with Crippen molar-refractivity contribution in [2.45, 2.75) is 59.2 Å². The Morgan fingerprint density at radius 1 is 1.00 bits per heavy atom. The van der Waals surface area contributed by atoms with Crippen LogP contribution in [0.5, 0.6) is 0 Å². The van der Waals surface area contributed by atoms with E-state index in [4.69, 9.17) is 4.74 Å². The Morgan fingerprint density at radius 3 is 2.21 bits per heavy atom. The quantitative estimate of drug-likeness (QED) is 0.828. The molecule has 1 aliphatic heterocycles. The van der Waals surface area contributed by atoms with Crippen LogP contribution in [-0.4, -0.2) is 28.5 Å². The number of hydrogen-bond donors (Lipinski definition) is 1. The average Bonchev–Trinajstić information content (AvgIpc) is 2.62. The first-order chi connectivity index (χ1) is 13.2. The molecular weight excluding hydrogens is 352 g/mol. The molecule has 28 heavy (non-hydrogen) atoms. The van der Waals surface area contributed by atoms with Gasteiger partial charge in [0.1, 0.15) is 11.6 Å². The minimum Gasteiger partial charge on any atom is -0.444 e. The standard InChI is InChI=1S/C23H28N2O3/c1-15-9-8-10-16(2)20(15)24-21(26)19-13-17-11-6-7-12-18(17)14-25(19)22(27)28-23(3,4)5/h6-12,19H,13-14H2,1-5H3,(H,24,26). The SMILES string of the molecule is Cc1cccc(C)c1NC(=O)C1Cc2ccccc2CN1C(=O)OC(C)(C)C. The Balaban J connectivity index is 1.90. The van der Waals surface area contributed by atoms with Gasteiger partial charge in [0.05, 0.1) is 6.54 Å². The molecule has 0 spiro atoms. The van der Waals surface area contributed by atoms with Crippen LogP contribution in [0.1, 0.15) is 43.0 Å². The molecule has 0 saturated heterocycles. The molecule has 2 amide bonds. The van der Waals surface area contributed by atoms with Crippen LogP contribution < -0.4 is 5.32 Å². The number of anilines is 1. The molecular formula is C23H28N2O3. The predicted octanol–water partition coefficient (Wildman–Crippen LogP) is 4.60. The van der Waals surface area contributed by atoms with E-state index in [9.17, 15) is 9.59 Å². The molecule has 1 unspecified atom stereocenters. The lowest BCUT2D eigenvalue weighted by Gasteiger charge is -2.37. The lowest BCUT2D eigenvalue weighted by Crippen LogP contribution is -2.52. The Kier molecular flexibility index (Phi) is 5.45. The van der Waals surface area contributed by atoms with Crippen molar-refractivity contribution in [2.75, 3.05) is 5.32 Å². The molecule has 0 aromatic heterocycles. The molecule has 5 nitrogen and oxygen atoms in total. The highest BCUT2D eigenvalue weighted by Gasteiger charge is 2.37. The largest absolute Gasteiger partial charge is 0.444 e. The second-order valence-electron chi connectivity index (χ2n) is 8.35. The second kappa shape index (κ2) is 7.66. The fraction of sp³-hybridized carbons (Fsp3) is 0.391. The third-order valence-electron chi connectivity index (χ3n) is 4.91.